The van der Waals surface area contributed by atoms with Gasteiger partial charge in [0.2, 0.25) is 0 Å². The van der Waals surface area contributed by atoms with E-state index in [9.17, 15) is 10.1 Å². The van der Waals surface area contributed by atoms with Gasteiger partial charge >= 0.3 is 0 Å². The van der Waals surface area contributed by atoms with Crippen molar-refractivity contribution in [1.29, 1.82) is 5.26 Å². The van der Waals surface area contributed by atoms with Crippen molar-refractivity contribution in [3.63, 3.8) is 0 Å². The zero-order valence-electron chi connectivity index (χ0n) is 7.68. The number of nitrogens with zero attached hydrogens (tertiary/aromatic N) is 2. The van der Waals surface area contributed by atoms with E-state index in [1.165, 1.54) is 12.1 Å². The van der Waals surface area contributed by atoms with Crippen LogP contribution in [0.1, 0.15) is 12.0 Å². The van der Waals surface area contributed by atoms with Crippen molar-refractivity contribution >= 4 is 23.4 Å². The fourth-order valence-electron chi connectivity index (χ4n) is 1.05. The first-order valence-corrected chi connectivity index (χ1v) is 4.50. The van der Waals surface area contributed by atoms with Gasteiger partial charge in [0, 0.05) is 11.1 Å². The van der Waals surface area contributed by atoms with Crippen molar-refractivity contribution in [1.82, 2.24) is 0 Å². The molecule has 0 saturated carbocycles. The molecule has 1 rings (SSSR count). The van der Waals surface area contributed by atoms with E-state index in [1.54, 1.807) is 18.2 Å². The summed E-state index contributed by atoms with van der Waals surface area (Å²) in [6.45, 7) is 0. The van der Waals surface area contributed by atoms with Crippen molar-refractivity contribution in [2.24, 2.45) is 0 Å². The molecule has 0 bridgehead atoms. The lowest BCUT2D eigenvalue weighted by molar-refractivity contribution is -0.385. The minimum Gasteiger partial charge on any atom is -0.258 e. The Morgan fingerprint density at radius 2 is 2.33 bits per heavy atom. The molecule has 0 fully saturated rings. The molecular formula is C10H7ClN2O2. The lowest BCUT2D eigenvalue weighted by atomic mass is 10.1. The maximum absolute atomic E-state index is 10.7. The van der Waals surface area contributed by atoms with Crippen molar-refractivity contribution in [2.75, 3.05) is 0 Å². The minimum absolute atomic E-state index is 0.0586. The first-order chi connectivity index (χ1) is 7.15. The third-order valence-corrected chi connectivity index (χ3v) is 1.93. The molecule has 0 heterocycles. The van der Waals surface area contributed by atoms with E-state index in [0.717, 1.165) is 0 Å². The van der Waals surface area contributed by atoms with E-state index >= 15 is 0 Å². The van der Waals surface area contributed by atoms with Crippen molar-refractivity contribution in [3.05, 3.63) is 45.0 Å². The number of nitro benzene ring substituents is 1. The molecule has 0 aliphatic rings. The highest BCUT2D eigenvalue weighted by Gasteiger charge is 2.11. The smallest absolute Gasteiger partial charge is 0.258 e. The second-order valence-electron chi connectivity index (χ2n) is 2.72. The van der Waals surface area contributed by atoms with Gasteiger partial charge in [-0.05, 0) is 12.1 Å². The summed E-state index contributed by atoms with van der Waals surface area (Å²) < 4.78 is 0. The second-order valence-corrected chi connectivity index (χ2v) is 3.16. The Hall–Kier alpha value is -1.86. The van der Waals surface area contributed by atoms with Gasteiger partial charge in [-0.15, -0.1) is 0 Å². The van der Waals surface area contributed by atoms with Crippen LogP contribution < -0.4 is 0 Å². The molecule has 0 amide bonds. The molecule has 0 aliphatic carbocycles. The zero-order valence-corrected chi connectivity index (χ0v) is 8.44. The van der Waals surface area contributed by atoms with Gasteiger partial charge in [0.25, 0.3) is 5.69 Å². The number of rotatable bonds is 3. The Labute approximate surface area is 91.6 Å². The standard InChI is InChI=1S/C10H7ClN2O2/c11-9-5-4-8(3-1-2-6-12)10(7-9)13(14)15/h1,3-5,7H,2H2. The average Bonchev–Trinajstić information content (AvgIpc) is 2.20. The molecule has 0 spiro atoms. The maximum atomic E-state index is 10.7. The number of halogens is 1. The van der Waals surface area contributed by atoms with Crippen LogP contribution in [0.2, 0.25) is 5.02 Å². The van der Waals surface area contributed by atoms with Gasteiger partial charge < -0.3 is 0 Å². The van der Waals surface area contributed by atoms with Gasteiger partial charge in [0.05, 0.1) is 23.0 Å². The first-order valence-electron chi connectivity index (χ1n) is 4.12. The van der Waals surface area contributed by atoms with E-state index in [1.807, 2.05) is 6.07 Å². The van der Waals surface area contributed by atoms with Gasteiger partial charge in [-0.2, -0.15) is 5.26 Å². The Morgan fingerprint density at radius 3 is 2.93 bits per heavy atom. The molecule has 5 heteroatoms. The van der Waals surface area contributed by atoms with Crippen molar-refractivity contribution in [2.45, 2.75) is 6.42 Å². The number of hydrogen-bond donors (Lipinski definition) is 0. The van der Waals surface area contributed by atoms with Crippen molar-refractivity contribution < 1.29 is 4.92 Å². The molecule has 15 heavy (non-hydrogen) atoms. The van der Waals surface area contributed by atoms with Crippen LogP contribution in [0.15, 0.2) is 24.3 Å². The van der Waals surface area contributed by atoms with E-state index < -0.39 is 4.92 Å². The quantitative estimate of drug-likeness (QED) is 0.583. The van der Waals surface area contributed by atoms with Crippen LogP contribution in [0.5, 0.6) is 0 Å². The third kappa shape index (κ3) is 3.08. The first kappa shape index (κ1) is 11.2. The maximum Gasteiger partial charge on any atom is 0.278 e. The normalized spacial score (nSPS) is 10.1. The number of allylic oxidation sites excluding steroid dienone is 1. The predicted octanol–water partition coefficient (Wildman–Crippen LogP) is 3.18. The number of nitro groups is 1. The van der Waals surface area contributed by atoms with Crippen LogP contribution in [0.3, 0.4) is 0 Å². The van der Waals surface area contributed by atoms with Gasteiger partial charge in [0.1, 0.15) is 0 Å². The molecule has 76 valence electrons. The Balaban J connectivity index is 3.07. The summed E-state index contributed by atoms with van der Waals surface area (Å²) in [5, 5.41) is 19.3. The SMILES string of the molecule is N#CCC=Cc1ccc(Cl)cc1[N+](=O)[O-]. The molecule has 0 aliphatic heterocycles. The predicted molar refractivity (Wildman–Crippen MR) is 57.4 cm³/mol. The van der Waals surface area contributed by atoms with Crippen LogP contribution >= 0.6 is 11.6 Å². The lowest BCUT2D eigenvalue weighted by Crippen LogP contribution is -1.90. The van der Waals surface area contributed by atoms with E-state index in [4.69, 9.17) is 16.9 Å². The second kappa shape index (κ2) is 5.13. The molecular weight excluding hydrogens is 216 g/mol. The van der Waals surface area contributed by atoms with Crippen LogP contribution in [-0.4, -0.2) is 4.92 Å². The van der Waals surface area contributed by atoms with E-state index in [0.29, 0.717) is 10.6 Å². The highest BCUT2D eigenvalue weighted by molar-refractivity contribution is 6.30. The molecule has 0 radical (unpaired) electrons. The summed E-state index contributed by atoms with van der Waals surface area (Å²) in [6.07, 6.45) is 3.33. The molecule has 0 saturated heterocycles. The van der Waals surface area contributed by atoms with Crippen LogP contribution in [0.4, 0.5) is 5.69 Å². The monoisotopic (exact) mass is 222 g/mol. The van der Waals surface area contributed by atoms with Gasteiger partial charge in [-0.1, -0.05) is 23.8 Å². The van der Waals surface area contributed by atoms with Gasteiger partial charge in [-0.3, -0.25) is 10.1 Å². The number of nitriles is 1. The van der Waals surface area contributed by atoms with Crippen LogP contribution in [0, 0.1) is 21.4 Å². The Bertz CT molecular complexity index is 449. The minimum atomic E-state index is -0.502. The summed E-state index contributed by atoms with van der Waals surface area (Å²) in [5.74, 6) is 0. The van der Waals surface area contributed by atoms with Gasteiger partial charge in [-0.25, -0.2) is 0 Å². The molecule has 1 aromatic rings. The van der Waals surface area contributed by atoms with Crippen LogP contribution in [-0.2, 0) is 0 Å². The molecule has 0 unspecified atom stereocenters. The summed E-state index contributed by atoms with van der Waals surface area (Å²) in [4.78, 5) is 10.2. The molecule has 4 nitrogen and oxygen atoms in total. The highest BCUT2D eigenvalue weighted by atomic mass is 35.5. The van der Waals surface area contributed by atoms with Crippen molar-refractivity contribution in [3.8, 4) is 6.07 Å². The number of hydrogen-bond acceptors (Lipinski definition) is 3. The molecule has 0 atom stereocenters. The topological polar surface area (TPSA) is 66.9 Å². The average molecular weight is 223 g/mol. The van der Waals surface area contributed by atoms with E-state index in [-0.39, 0.29) is 12.1 Å². The summed E-state index contributed by atoms with van der Waals surface area (Å²) >= 11 is 5.64. The summed E-state index contributed by atoms with van der Waals surface area (Å²) in [5.41, 5.74) is 0.385. The molecule has 1 aromatic carbocycles. The number of benzene rings is 1. The van der Waals surface area contributed by atoms with E-state index in [2.05, 4.69) is 0 Å². The largest absolute Gasteiger partial charge is 0.278 e. The fraction of sp³-hybridized carbons (Fsp3) is 0.100. The van der Waals surface area contributed by atoms with Gasteiger partial charge in [0.15, 0.2) is 0 Å². The highest BCUT2D eigenvalue weighted by Crippen LogP contribution is 2.24. The molecule has 0 aromatic heterocycles. The Kier molecular flexibility index (Phi) is 3.83. The molecule has 0 N–H and O–H groups in total. The summed E-state index contributed by atoms with van der Waals surface area (Å²) in [7, 11) is 0. The fourth-order valence-corrected chi connectivity index (χ4v) is 1.22. The summed E-state index contributed by atoms with van der Waals surface area (Å²) in [6, 6.07) is 6.32. The van der Waals surface area contributed by atoms with Crippen LogP contribution in [0.25, 0.3) is 6.08 Å². The third-order valence-electron chi connectivity index (χ3n) is 1.70. The Morgan fingerprint density at radius 1 is 1.60 bits per heavy atom. The zero-order chi connectivity index (χ0) is 11.3. The lowest BCUT2D eigenvalue weighted by Gasteiger charge is -1.97.